The van der Waals surface area contributed by atoms with Gasteiger partial charge in [-0.25, -0.2) is 0 Å². The summed E-state index contributed by atoms with van der Waals surface area (Å²) >= 11 is 0. The number of benzene rings is 1. The zero-order valence-electron chi connectivity index (χ0n) is 15.4. The number of amides is 2. The van der Waals surface area contributed by atoms with Crippen LogP contribution in [0.4, 0.5) is 0 Å². The van der Waals surface area contributed by atoms with Gasteiger partial charge in [-0.05, 0) is 31.3 Å². The maximum atomic E-state index is 12.8. The topological polar surface area (TPSA) is 66.8 Å². The number of hydrogen-bond donors (Lipinski definition) is 1. The summed E-state index contributed by atoms with van der Waals surface area (Å²) in [5, 5.41) is 3.73. The van der Waals surface area contributed by atoms with Crippen molar-refractivity contribution in [3.63, 3.8) is 0 Å². The van der Waals surface area contributed by atoms with Crippen molar-refractivity contribution in [2.45, 2.75) is 11.6 Å². The molecule has 26 heavy (non-hydrogen) atoms. The molecule has 138 valence electrons. The fourth-order valence-electron chi connectivity index (χ4n) is 4.02. The Kier molecular flexibility index (Phi) is 4.00. The first-order chi connectivity index (χ1) is 12.4. The fourth-order valence-corrected chi connectivity index (χ4v) is 4.02. The average molecular weight is 356 g/mol. The number of ether oxygens (including phenoxy) is 1. The van der Waals surface area contributed by atoms with Crippen LogP contribution in [0.15, 0.2) is 30.5 Å². The number of likely N-dealkylation sites (N-methyl/N-ethyl adjacent to an activating group) is 2. The van der Waals surface area contributed by atoms with E-state index < -0.39 is 0 Å². The van der Waals surface area contributed by atoms with Gasteiger partial charge in [0.15, 0.2) is 0 Å². The number of likely N-dealkylation sites (tertiary alicyclic amines) is 1. The minimum atomic E-state index is -0.355. The molecule has 7 heteroatoms. The van der Waals surface area contributed by atoms with Crippen molar-refractivity contribution in [2.24, 2.45) is 7.05 Å². The Morgan fingerprint density at radius 1 is 1.19 bits per heavy atom. The van der Waals surface area contributed by atoms with Gasteiger partial charge in [0, 0.05) is 43.3 Å². The molecule has 2 fully saturated rings. The molecule has 0 bridgehead atoms. The standard InChI is InChI=1S/C19H24N4O3/c1-20-17(24)16-9-26-19(10-22(16)3)11-23(12-19)18(25)14-4-5-15-13(8-14)6-7-21(15)2/h4-8,16H,9-12H2,1-3H3,(H,20,24)/t16-/m0/s1. The van der Waals surface area contributed by atoms with Gasteiger partial charge in [-0.3, -0.25) is 14.5 Å². The molecule has 2 amide bonds. The Morgan fingerprint density at radius 2 is 1.96 bits per heavy atom. The number of rotatable bonds is 2. The van der Waals surface area contributed by atoms with Gasteiger partial charge in [0.1, 0.15) is 11.6 Å². The minimum Gasteiger partial charge on any atom is -0.368 e. The summed E-state index contributed by atoms with van der Waals surface area (Å²) in [5.74, 6) is -0.00757. The number of aryl methyl sites for hydroxylation is 1. The van der Waals surface area contributed by atoms with Gasteiger partial charge in [-0.15, -0.1) is 0 Å². The molecule has 0 saturated carbocycles. The smallest absolute Gasteiger partial charge is 0.254 e. The Bertz CT molecular complexity index is 869. The molecule has 1 spiro atoms. The van der Waals surface area contributed by atoms with Crippen LogP contribution in [0.3, 0.4) is 0 Å². The van der Waals surface area contributed by atoms with E-state index in [-0.39, 0.29) is 23.5 Å². The van der Waals surface area contributed by atoms with E-state index in [1.165, 1.54) is 0 Å². The number of morpholine rings is 1. The Hall–Kier alpha value is -2.38. The Balaban J connectivity index is 1.42. The highest BCUT2D eigenvalue weighted by molar-refractivity contribution is 5.98. The molecule has 2 aliphatic heterocycles. The van der Waals surface area contributed by atoms with E-state index in [9.17, 15) is 9.59 Å². The van der Waals surface area contributed by atoms with Gasteiger partial charge in [0.25, 0.3) is 5.91 Å². The highest BCUT2D eigenvalue weighted by Crippen LogP contribution is 2.32. The van der Waals surface area contributed by atoms with E-state index in [4.69, 9.17) is 4.74 Å². The molecule has 1 aromatic heterocycles. The maximum Gasteiger partial charge on any atom is 0.254 e. The quantitative estimate of drug-likeness (QED) is 0.849. The summed E-state index contributed by atoms with van der Waals surface area (Å²) in [6.45, 7) is 2.12. The predicted octanol–water partition coefficient (Wildman–Crippen LogP) is 0.450. The lowest BCUT2D eigenvalue weighted by molar-refractivity contribution is -0.187. The molecular formula is C19H24N4O3. The van der Waals surface area contributed by atoms with Gasteiger partial charge in [0.05, 0.1) is 19.7 Å². The van der Waals surface area contributed by atoms with E-state index in [0.29, 0.717) is 31.8 Å². The van der Waals surface area contributed by atoms with Crippen molar-refractivity contribution in [1.82, 2.24) is 19.7 Å². The molecule has 2 aliphatic rings. The van der Waals surface area contributed by atoms with Gasteiger partial charge in [-0.2, -0.15) is 0 Å². The Morgan fingerprint density at radius 3 is 2.65 bits per heavy atom. The molecule has 4 rings (SSSR count). The maximum absolute atomic E-state index is 12.8. The monoisotopic (exact) mass is 356 g/mol. The third-order valence-corrected chi connectivity index (χ3v) is 5.54. The van der Waals surface area contributed by atoms with Crippen LogP contribution in [0.1, 0.15) is 10.4 Å². The Labute approximate surface area is 152 Å². The molecule has 3 heterocycles. The van der Waals surface area contributed by atoms with Crippen molar-refractivity contribution < 1.29 is 14.3 Å². The van der Waals surface area contributed by atoms with Crippen LogP contribution in [-0.4, -0.2) is 78.2 Å². The SMILES string of the molecule is CNC(=O)[C@@H]1COC2(CN(C(=O)c3ccc4c(ccn4C)c3)C2)CN1C. The van der Waals surface area contributed by atoms with Crippen LogP contribution >= 0.6 is 0 Å². The van der Waals surface area contributed by atoms with Crippen LogP contribution in [0.25, 0.3) is 10.9 Å². The van der Waals surface area contributed by atoms with Crippen LogP contribution in [0.2, 0.25) is 0 Å². The zero-order valence-corrected chi connectivity index (χ0v) is 15.4. The number of carbonyl (C=O) groups is 2. The van der Waals surface area contributed by atoms with E-state index >= 15 is 0 Å². The van der Waals surface area contributed by atoms with E-state index in [1.807, 2.05) is 58.9 Å². The summed E-state index contributed by atoms with van der Waals surface area (Å²) in [5.41, 5.74) is 1.45. The summed E-state index contributed by atoms with van der Waals surface area (Å²) in [4.78, 5) is 28.5. The third-order valence-electron chi connectivity index (χ3n) is 5.54. The van der Waals surface area contributed by atoms with Gasteiger partial charge in [0.2, 0.25) is 5.91 Å². The first-order valence-electron chi connectivity index (χ1n) is 8.83. The minimum absolute atomic E-state index is 0.0288. The molecule has 0 unspecified atom stereocenters. The first-order valence-corrected chi connectivity index (χ1v) is 8.83. The number of fused-ring (bicyclic) bond motifs is 1. The predicted molar refractivity (Wildman–Crippen MR) is 98.0 cm³/mol. The highest BCUT2D eigenvalue weighted by atomic mass is 16.5. The largest absolute Gasteiger partial charge is 0.368 e. The molecule has 1 atom stereocenters. The van der Waals surface area contributed by atoms with Crippen LogP contribution < -0.4 is 5.32 Å². The van der Waals surface area contributed by atoms with E-state index in [1.54, 1.807) is 7.05 Å². The molecule has 7 nitrogen and oxygen atoms in total. The molecule has 2 aromatic rings. The van der Waals surface area contributed by atoms with Gasteiger partial charge in [-0.1, -0.05) is 0 Å². The summed E-state index contributed by atoms with van der Waals surface area (Å²) in [7, 11) is 5.55. The van der Waals surface area contributed by atoms with Crippen LogP contribution in [0.5, 0.6) is 0 Å². The number of hydrogen-bond acceptors (Lipinski definition) is 4. The summed E-state index contributed by atoms with van der Waals surface area (Å²) < 4.78 is 8.04. The molecule has 1 aromatic carbocycles. The van der Waals surface area contributed by atoms with Crippen molar-refractivity contribution in [3.05, 3.63) is 36.0 Å². The lowest BCUT2D eigenvalue weighted by Gasteiger charge is -2.54. The second-order valence-electron chi connectivity index (χ2n) is 7.40. The third kappa shape index (κ3) is 2.68. The van der Waals surface area contributed by atoms with E-state index in [0.717, 1.165) is 10.9 Å². The van der Waals surface area contributed by atoms with E-state index in [2.05, 4.69) is 5.32 Å². The molecule has 0 aliphatic carbocycles. The van der Waals surface area contributed by atoms with Gasteiger partial charge >= 0.3 is 0 Å². The molecular weight excluding hydrogens is 332 g/mol. The molecule has 2 saturated heterocycles. The van der Waals surface area contributed by atoms with Crippen LogP contribution in [-0.2, 0) is 16.6 Å². The van der Waals surface area contributed by atoms with Crippen molar-refractivity contribution >= 4 is 22.7 Å². The first kappa shape index (κ1) is 17.1. The normalized spacial score (nSPS) is 22.4. The second kappa shape index (κ2) is 6.10. The van der Waals surface area contributed by atoms with Crippen molar-refractivity contribution in [1.29, 1.82) is 0 Å². The summed E-state index contributed by atoms with van der Waals surface area (Å²) in [6, 6.07) is 7.55. The highest BCUT2D eigenvalue weighted by Gasteiger charge is 2.51. The fraction of sp³-hybridized carbons (Fsp3) is 0.474. The average Bonchev–Trinajstić information content (AvgIpc) is 2.98. The number of nitrogens with one attached hydrogen (secondary N) is 1. The molecule has 0 radical (unpaired) electrons. The second-order valence-corrected chi connectivity index (χ2v) is 7.40. The van der Waals surface area contributed by atoms with Crippen molar-refractivity contribution in [2.75, 3.05) is 40.3 Å². The zero-order chi connectivity index (χ0) is 18.5. The van der Waals surface area contributed by atoms with Gasteiger partial charge < -0.3 is 19.5 Å². The number of carbonyl (C=O) groups excluding carboxylic acids is 2. The lowest BCUT2D eigenvalue weighted by Crippen LogP contribution is -2.73. The number of nitrogens with zero attached hydrogens (tertiary/aromatic N) is 3. The van der Waals surface area contributed by atoms with Crippen molar-refractivity contribution in [3.8, 4) is 0 Å². The molecule has 1 N–H and O–H groups in total. The summed E-state index contributed by atoms with van der Waals surface area (Å²) in [6.07, 6.45) is 1.99. The van der Waals surface area contributed by atoms with Crippen LogP contribution in [0, 0.1) is 0 Å². The lowest BCUT2D eigenvalue weighted by atomic mass is 9.90. The number of aromatic nitrogens is 1.